The van der Waals surface area contributed by atoms with Crippen molar-refractivity contribution in [1.29, 1.82) is 0 Å². The summed E-state index contributed by atoms with van der Waals surface area (Å²) in [6, 6.07) is 0.575. The normalized spacial score (nSPS) is 49.7. The van der Waals surface area contributed by atoms with Crippen LogP contribution >= 0.6 is 0 Å². The molecular formula is C29H55N3O+2. The summed E-state index contributed by atoms with van der Waals surface area (Å²) in [5, 5.41) is 2.42. The van der Waals surface area contributed by atoms with Gasteiger partial charge >= 0.3 is 0 Å². The number of fused-ring (bicyclic) bond motifs is 3. The maximum atomic E-state index is 7.15. The number of quaternary nitrogens is 2. The van der Waals surface area contributed by atoms with Gasteiger partial charge in [-0.05, 0) is 114 Å². The molecule has 190 valence electrons. The van der Waals surface area contributed by atoms with Gasteiger partial charge in [0, 0.05) is 24.7 Å². The van der Waals surface area contributed by atoms with Gasteiger partial charge in [0.05, 0.1) is 23.8 Å². The summed E-state index contributed by atoms with van der Waals surface area (Å²) in [4.78, 5) is 0. The van der Waals surface area contributed by atoms with Crippen molar-refractivity contribution in [3.8, 4) is 0 Å². The Bertz CT molecular complexity index is 686. The Kier molecular flexibility index (Phi) is 6.73. The summed E-state index contributed by atoms with van der Waals surface area (Å²) in [5.74, 6) is 4.95. The highest BCUT2D eigenvalue weighted by Crippen LogP contribution is 2.62. The molecule has 0 aromatic heterocycles. The molecular weight excluding hydrogens is 406 g/mol. The van der Waals surface area contributed by atoms with E-state index in [2.05, 4.69) is 38.7 Å². The highest BCUT2D eigenvalue weighted by Gasteiger charge is 2.61. The van der Waals surface area contributed by atoms with Gasteiger partial charge in [-0.2, -0.15) is 0 Å². The van der Waals surface area contributed by atoms with Gasteiger partial charge < -0.3 is 15.8 Å². The van der Waals surface area contributed by atoms with Gasteiger partial charge in [-0.25, -0.2) is 0 Å². The van der Waals surface area contributed by atoms with Crippen molar-refractivity contribution in [2.75, 3.05) is 6.54 Å². The quantitative estimate of drug-likeness (QED) is 0.581. The minimum atomic E-state index is 0.00729. The number of ether oxygens (including phenoxy) is 1. The van der Waals surface area contributed by atoms with Gasteiger partial charge in [0.1, 0.15) is 6.17 Å². The first-order valence-electron chi connectivity index (χ1n) is 14.7. The monoisotopic (exact) mass is 461 g/mol. The van der Waals surface area contributed by atoms with Crippen LogP contribution in [0.1, 0.15) is 111 Å². The Morgan fingerprint density at radius 1 is 0.970 bits per heavy atom. The minimum Gasteiger partial charge on any atom is -0.368 e. The maximum Gasteiger partial charge on any atom is 0.137 e. The average molecular weight is 462 g/mol. The zero-order valence-electron chi connectivity index (χ0n) is 22.3. The van der Waals surface area contributed by atoms with E-state index in [9.17, 15) is 0 Å². The van der Waals surface area contributed by atoms with Crippen molar-refractivity contribution in [2.24, 2.45) is 46.7 Å². The summed E-state index contributed by atoms with van der Waals surface area (Å²) in [5.41, 5.74) is 11.6. The van der Waals surface area contributed by atoms with E-state index in [4.69, 9.17) is 10.5 Å². The van der Waals surface area contributed by atoms with Crippen LogP contribution in [0.4, 0.5) is 0 Å². The Balaban J connectivity index is 1.36. The smallest absolute Gasteiger partial charge is 0.137 e. The number of rotatable bonds is 5. The maximum absolute atomic E-state index is 7.15. The van der Waals surface area contributed by atoms with Gasteiger partial charge in [0.2, 0.25) is 0 Å². The molecule has 33 heavy (non-hydrogen) atoms. The lowest BCUT2D eigenvalue weighted by Crippen LogP contribution is -2.95. The summed E-state index contributed by atoms with van der Waals surface area (Å²) in [7, 11) is 0. The molecule has 4 heteroatoms. The van der Waals surface area contributed by atoms with Crippen LogP contribution in [0.2, 0.25) is 0 Å². The van der Waals surface area contributed by atoms with Crippen LogP contribution in [0.15, 0.2) is 0 Å². The van der Waals surface area contributed by atoms with Crippen LogP contribution in [0, 0.1) is 40.9 Å². The molecule has 3 aliphatic heterocycles. The number of piperidine rings is 1. The lowest BCUT2D eigenvalue weighted by Gasteiger charge is -2.61. The summed E-state index contributed by atoms with van der Waals surface area (Å²) in [6.45, 7) is 10.8. The first-order valence-corrected chi connectivity index (χ1v) is 14.7. The molecule has 9 atom stereocenters. The van der Waals surface area contributed by atoms with Crippen molar-refractivity contribution in [2.45, 2.75) is 135 Å². The van der Waals surface area contributed by atoms with Gasteiger partial charge in [-0.3, -0.25) is 5.73 Å². The fraction of sp³-hybridized carbons (Fsp3) is 1.00. The Labute approximate surface area is 203 Å². The molecule has 2 bridgehead atoms. The molecule has 0 aromatic rings. The highest BCUT2D eigenvalue weighted by atomic mass is 16.5. The fourth-order valence-corrected chi connectivity index (χ4v) is 10.0. The molecule has 3 aliphatic carbocycles. The molecule has 0 amide bonds. The highest BCUT2D eigenvalue weighted by molar-refractivity contribution is 5.10. The van der Waals surface area contributed by atoms with E-state index in [1.807, 2.05) is 0 Å². The SMILES string of the molecule is CC(C)C[C@@H]1CC[C@@]2(C1)C[C@@H](CC1CCC(N)[NH2+]C1)C[C@@H]([C@]13CC[C@H]([C@H]([NH3+])C1)C(C)(C)O3)C2. The molecule has 6 aliphatic rings. The lowest BCUT2D eigenvalue weighted by atomic mass is 9.54. The van der Waals surface area contributed by atoms with Crippen LogP contribution in [0.25, 0.3) is 0 Å². The summed E-state index contributed by atoms with van der Waals surface area (Å²) < 4.78 is 7.15. The summed E-state index contributed by atoms with van der Waals surface area (Å²) >= 11 is 0. The number of nitrogens with two attached hydrogens (primary N) is 2. The van der Waals surface area contributed by atoms with Crippen molar-refractivity contribution in [3.63, 3.8) is 0 Å². The molecule has 2 unspecified atom stereocenters. The first kappa shape index (κ1) is 24.5. The molecule has 7 N–H and O–H groups in total. The second-order valence-electron chi connectivity index (χ2n) is 14.6. The molecule has 6 fully saturated rings. The van der Waals surface area contributed by atoms with E-state index in [-0.39, 0.29) is 11.2 Å². The molecule has 0 radical (unpaired) electrons. The molecule has 3 heterocycles. The van der Waals surface area contributed by atoms with E-state index in [1.54, 1.807) is 0 Å². The number of hydrogen-bond acceptors (Lipinski definition) is 2. The zero-order chi connectivity index (χ0) is 23.4. The second-order valence-corrected chi connectivity index (χ2v) is 14.6. The van der Waals surface area contributed by atoms with Gasteiger partial charge in [-0.15, -0.1) is 0 Å². The molecule has 3 saturated carbocycles. The topological polar surface area (TPSA) is 79.5 Å². The van der Waals surface area contributed by atoms with E-state index >= 15 is 0 Å². The van der Waals surface area contributed by atoms with Crippen LogP contribution in [-0.4, -0.2) is 30.0 Å². The second kappa shape index (κ2) is 9.05. The first-order chi connectivity index (χ1) is 15.6. The van der Waals surface area contributed by atoms with Crippen molar-refractivity contribution < 1.29 is 15.8 Å². The third-order valence-electron chi connectivity index (χ3n) is 11.1. The molecule has 3 saturated heterocycles. The van der Waals surface area contributed by atoms with E-state index in [0.717, 1.165) is 29.6 Å². The Morgan fingerprint density at radius 2 is 1.76 bits per heavy atom. The minimum absolute atomic E-state index is 0.00729. The molecule has 6 rings (SSSR count). The standard InChI is InChI=1S/C29H53N3O/c1-19(2)11-20-7-9-28(14-20)15-22(12-21-5-6-26(31)32-18-21)13-23(16-28)29-10-8-24(25(30)17-29)27(3,4)33-29/h19-26,32H,5-18,30-31H2,1-4H3/p+2/t20-,21?,22-,23+,24+,25+,26?,28+,29-/m0/s1. The lowest BCUT2D eigenvalue weighted by molar-refractivity contribution is -0.703. The van der Waals surface area contributed by atoms with Crippen molar-refractivity contribution in [3.05, 3.63) is 0 Å². The Hall–Kier alpha value is -0.160. The third-order valence-corrected chi connectivity index (χ3v) is 11.1. The number of hydrogen-bond donors (Lipinski definition) is 3. The largest absolute Gasteiger partial charge is 0.368 e. The van der Waals surface area contributed by atoms with Crippen LogP contribution in [0.3, 0.4) is 0 Å². The van der Waals surface area contributed by atoms with E-state index < -0.39 is 0 Å². The van der Waals surface area contributed by atoms with Gasteiger partial charge in [0.15, 0.2) is 0 Å². The zero-order valence-corrected chi connectivity index (χ0v) is 22.3. The van der Waals surface area contributed by atoms with Crippen LogP contribution in [-0.2, 0) is 4.74 Å². The fourth-order valence-electron chi connectivity index (χ4n) is 10.0. The van der Waals surface area contributed by atoms with Crippen LogP contribution in [0.5, 0.6) is 0 Å². The predicted molar refractivity (Wildman–Crippen MR) is 134 cm³/mol. The van der Waals surface area contributed by atoms with Gasteiger partial charge in [-0.1, -0.05) is 13.8 Å². The predicted octanol–water partition coefficient (Wildman–Crippen LogP) is 3.84. The average Bonchev–Trinajstić information content (AvgIpc) is 3.09. The van der Waals surface area contributed by atoms with Gasteiger partial charge in [0.25, 0.3) is 0 Å². The van der Waals surface area contributed by atoms with E-state index in [0.29, 0.717) is 23.5 Å². The van der Waals surface area contributed by atoms with Crippen LogP contribution < -0.4 is 16.8 Å². The third kappa shape index (κ3) is 4.93. The van der Waals surface area contributed by atoms with Crippen molar-refractivity contribution in [1.82, 2.24) is 0 Å². The molecule has 0 aromatic carbocycles. The Morgan fingerprint density at radius 3 is 2.42 bits per heavy atom. The summed E-state index contributed by atoms with van der Waals surface area (Å²) in [6.07, 6.45) is 18.4. The molecule has 1 spiro atoms. The van der Waals surface area contributed by atoms with Crippen molar-refractivity contribution >= 4 is 0 Å². The molecule has 4 nitrogen and oxygen atoms in total. The van der Waals surface area contributed by atoms with E-state index in [1.165, 1.54) is 90.0 Å².